The maximum atomic E-state index is 12.7. The minimum Gasteiger partial charge on any atom is -0.480 e. The van der Waals surface area contributed by atoms with Crippen molar-refractivity contribution in [1.82, 2.24) is 5.32 Å². The van der Waals surface area contributed by atoms with Gasteiger partial charge in [-0.25, -0.2) is 4.79 Å². The molecule has 0 heterocycles. The van der Waals surface area contributed by atoms with Crippen molar-refractivity contribution in [2.24, 2.45) is 0 Å². The minimum absolute atomic E-state index is 0.164. The standard InChI is InChI=1S/C12H14F3NO2/c1-8-3-5-9(6-4-8)7-16-11(2,10(17)18)12(13,14)15/h3-6,16H,7H2,1-2H3,(H,17,18). The average Bonchev–Trinajstić information content (AvgIpc) is 2.26. The fourth-order valence-electron chi connectivity index (χ4n) is 1.28. The van der Waals surface area contributed by atoms with Crippen LogP contribution in [-0.2, 0) is 11.3 Å². The summed E-state index contributed by atoms with van der Waals surface area (Å²) in [5.74, 6) is -1.94. The average molecular weight is 261 g/mol. The molecule has 0 saturated heterocycles. The Hall–Kier alpha value is -1.56. The second-order valence-corrected chi connectivity index (χ2v) is 4.27. The third-order valence-electron chi connectivity index (χ3n) is 2.76. The Balaban J connectivity index is 2.81. The number of carboxylic acids is 1. The monoisotopic (exact) mass is 261 g/mol. The second-order valence-electron chi connectivity index (χ2n) is 4.27. The van der Waals surface area contributed by atoms with Gasteiger partial charge in [0.2, 0.25) is 5.54 Å². The molecule has 1 aromatic rings. The third-order valence-corrected chi connectivity index (χ3v) is 2.76. The van der Waals surface area contributed by atoms with Crippen LogP contribution in [0.25, 0.3) is 0 Å². The van der Waals surface area contributed by atoms with Gasteiger partial charge in [0.25, 0.3) is 0 Å². The lowest BCUT2D eigenvalue weighted by molar-refractivity contribution is -0.206. The van der Waals surface area contributed by atoms with Crippen LogP contribution in [0.15, 0.2) is 24.3 Å². The molecule has 0 saturated carbocycles. The zero-order chi connectivity index (χ0) is 14.0. The highest BCUT2D eigenvalue weighted by molar-refractivity contribution is 5.79. The van der Waals surface area contributed by atoms with E-state index in [1.54, 1.807) is 24.3 Å². The molecule has 0 fully saturated rings. The van der Waals surface area contributed by atoms with E-state index in [1.807, 2.05) is 12.2 Å². The molecule has 0 aliphatic rings. The van der Waals surface area contributed by atoms with Gasteiger partial charge in [0.1, 0.15) is 0 Å². The molecule has 0 spiro atoms. The fraction of sp³-hybridized carbons (Fsp3) is 0.417. The van der Waals surface area contributed by atoms with Crippen LogP contribution in [0.3, 0.4) is 0 Å². The summed E-state index contributed by atoms with van der Waals surface area (Å²) in [5, 5.41) is 10.8. The van der Waals surface area contributed by atoms with Crippen molar-refractivity contribution >= 4 is 5.97 Å². The first kappa shape index (κ1) is 14.5. The van der Waals surface area contributed by atoms with Crippen molar-refractivity contribution in [2.75, 3.05) is 0 Å². The molecule has 1 aromatic carbocycles. The number of halogens is 3. The van der Waals surface area contributed by atoms with Crippen LogP contribution in [0, 0.1) is 6.92 Å². The van der Waals surface area contributed by atoms with Crippen LogP contribution in [0.4, 0.5) is 13.2 Å². The summed E-state index contributed by atoms with van der Waals surface area (Å²) in [6.45, 7) is 2.31. The molecule has 0 bridgehead atoms. The number of hydrogen-bond donors (Lipinski definition) is 2. The molecule has 0 aromatic heterocycles. The fourth-order valence-corrected chi connectivity index (χ4v) is 1.28. The Bertz CT molecular complexity index is 428. The Morgan fingerprint density at radius 2 is 1.78 bits per heavy atom. The quantitative estimate of drug-likeness (QED) is 0.875. The highest BCUT2D eigenvalue weighted by atomic mass is 19.4. The highest BCUT2D eigenvalue weighted by Crippen LogP contribution is 2.30. The van der Waals surface area contributed by atoms with Crippen LogP contribution < -0.4 is 5.32 Å². The molecule has 1 atom stereocenters. The summed E-state index contributed by atoms with van der Waals surface area (Å²) in [7, 11) is 0. The third kappa shape index (κ3) is 3.01. The number of aliphatic carboxylic acids is 1. The summed E-state index contributed by atoms with van der Waals surface area (Å²) >= 11 is 0. The smallest absolute Gasteiger partial charge is 0.417 e. The molecule has 0 aliphatic carbocycles. The number of nitrogens with one attached hydrogen (secondary N) is 1. The van der Waals surface area contributed by atoms with E-state index in [4.69, 9.17) is 5.11 Å². The van der Waals surface area contributed by atoms with Crippen LogP contribution in [-0.4, -0.2) is 22.8 Å². The molecular weight excluding hydrogens is 247 g/mol. The van der Waals surface area contributed by atoms with E-state index >= 15 is 0 Å². The lowest BCUT2D eigenvalue weighted by Gasteiger charge is -2.28. The predicted octanol–water partition coefficient (Wildman–Crippen LogP) is 2.49. The zero-order valence-corrected chi connectivity index (χ0v) is 10.0. The molecule has 6 heteroatoms. The van der Waals surface area contributed by atoms with Gasteiger partial charge in [0.15, 0.2) is 0 Å². The SMILES string of the molecule is Cc1ccc(CNC(C)(C(=O)O)C(F)(F)F)cc1. The van der Waals surface area contributed by atoms with Crippen LogP contribution in [0.5, 0.6) is 0 Å². The molecule has 2 N–H and O–H groups in total. The van der Waals surface area contributed by atoms with Gasteiger partial charge in [-0.3, -0.25) is 5.32 Å². The minimum atomic E-state index is -4.86. The van der Waals surface area contributed by atoms with Crippen molar-refractivity contribution in [3.63, 3.8) is 0 Å². The van der Waals surface area contributed by atoms with E-state index in [2.05, 4.69) is 0 Å². The second kappa shape index (κ2) is 4.97. The van der Waals surface area contributed by atoms with E-state index in [1.165, 1.54) is 0 Å². The molecule has 1 unspecified atom stereocenters. The predicted molar refractivity (Wildman–Crippen MR) is 60.1 cm³/mol. The number of aryl methyl sites for hydroxylation is 1. The van der Waals surface area contributed by atoms with Gasteiger partial charge >= 0.3 is 12.1 Å². The van der Waals surface area contributed by atoms with Crippen LogP contribution in [0.1, 0.15) is 18.1 Å². The molecule has 0 radical (unpaired) electrons. The largest absolute Gasteiger partial charge is 0.480 e. The summed E-state index contributed by atoms with van der Waals surface area (Å²) in [4.78, 5) is 10.8. The van der Waals surface area contributed by atoms with E-state index in [9.17, 15) is 18.0 Å². The van der Waals surface area contributed by atoms with Crippen LogP contribution >= 0.6 is 0 Å². The van der Waals surface area contributed by atoms with Crippen molar-refractivity contribution in [2.45, 2.75) is 32.1 Å². The summed E-state index contributed by atoms with van der Waals surface area (Å²) < 4.78 is 38.0. The Morgan fingerprint density at radius 1 is 1.28 bits per heavy atom. The summed E-state index contributed by atoms with van der Waals surface area (Å²) in [5.41, 5.74) is -1.37. The topological polar surface area (TPSA) is 49.3 Å². The Morgan fingerprint density at radius 3 is 2.17 bits per heavy atom. The molecule has 0 amide bonds. The van der Waals surface area contributed by atoms with Gasteiger partial charge in [-0.2, -0.15) is 13.2 Å². The first-order valence-electron chi connectivity index (χ1n) is 5.27. The normalized spacial score (nSPS) is 15.2. The number of hydrogen-bond acceptors (Lipinski definition) is 2. The number of carbonyl (C=O) groups is 1. The van der Waals surface area contributed by atoms with E-state index in [0.717, 1.165) is 5.56 Å². The first-order chi connectivity index (χ1) is 8.17. The number of rotatable bonds is 4. The van der Waals surface area contributed by atoms with Crippen LogP contribution in [0.2, 0.25) is 0 Å². The molecule has 3 nitrogen and oxygen atoms in total. The number of carboxylic acid groups (broad SMARTS) is 1. The summed E-state index contributed by atoms with van der Waals surface area (Å²) in [6, 6.07) is 6.81. The molecule has 100 valence electrons. The maximum Gasteiger partial charge on any atom is 0.417 e. The molecule has 18 heavy (non-hydrogen) atoms. The number of benzene rings is 1. The van der Waals surface area contributed by atoms with Crippen molar-refractivity contribution in [3.05, 3.63) is 35.4 Å². The van der Waals surface area contributed by atoms with E-state index in [0.29, 0.717) is 12.5 Å². The molecular formula is C12H14F3NO2. The maximum absolute atomic E-state index is 12.7. The Labute approximate surface area is 103 Å². The van der Waals surface area contributed by atoms with Gasteiger partial charge in [0, 0.05) is 6.54 Å². The van der Waals surface area contributed by atoms with Gasteiger partial charge in [-0.1, -0.05) is 29.8 Å². The molecule has 1 rings (SSSR count). The van der Waals surface area contributed by atoms with E-state index < -0.39 is 17.7 Å². The van der Waals surface area contributed by atoms with Gasteiger partial charge in [-0.15, -0.1) is 0 Å². The zero-order valence-electron chi connectivity index (χ0n) is 10.0. The van der Waals surface area contributed by atoms with Gasteiger partial charge in [-0.05, 0) is 19.4 Å². The van der Waals surface area contributed by atoms with Crippen molar-refractivity contribution < 1.29 is 23.1 Å². The van der Waals surface area contributed by atoms with Crippen molar-refractivity contribution in [3.8, 4) is 0 Å². The summed E-state index contributed by atoms with van der Waals surface area (Å²) in [6.07, 6.45) is -4.86. The van der Waals surface area contributed by atoms with Gasteiger partial charge < -0.3 is 5.11 Å². The van der Waals surface area contributed by atoms with E-state index in [-0.39, 0.29) is 6.54 Å². The number of alkyl halides is 3. The Kier molecular flexibility index (Phi) is 4.01. The van der Waals surface area contributed by atoms with Gasteiger partial charge in [0.05, 0.1) is 0 Å². The first-order valence-corrected chi connectivity index (χ1v) is 5.27. The highest BCUT2D eigenvalue weighted by Gasteiger charge is 2.57. The lowest BCUT2D eigenvalue weighted by atomic mass is 10.0. The van der Waals surface area contributed by atoms with Crippen molar-refractivity contribution in [1.29, 1.82) is 0 Å². The molecule has 0 aliphatic heterocycles. The lowest BCUT2D eigenvalue weighted by Crippen LogP contribution is -2.59.